The molecule has 2 aliphatic rings. The summed E-state index contributed by atoms with van der Waals surface area (Å²) in [4.78, 5) is 28.3. The number of carbonyl (C=O) groups is 2. The maximum absolute atomic E-state index is 13.4. The summed E-state index contributed by atoms with van der Waals surface area (Å²) in [5.74, 6) is 0.145. The molecule has 1 amide bonds. The van der Waals surface area contributed by atoms with Gasteiger partial charge in [0.2, 0.25) is 0 Å². The van der Waals surface area contributed by atoms with Crippen molar-refractivity contribution in [1.29, 1.82) is 0 Å². The van der Waals surface area contributed by atoms with Crippen LogP contribution in [0.15, 0.2) is 54.6 Å². The van der Waals surface area contributed by atoms with Crippen LogP contribution in [-0.2, 0) is 9.53 Å². The number of carbonyl (C=O) groups excluding carboxylic acids is 2. The summed E-state index contributed by atoms with van der Waals surface area (Å²) in [7, 11) is 0. The number of nitrogens with zero attached hydrogens (tertiary/aromatic N) is 1. The maximum Gasteiger partial charge on any atom is 0.255 e. The van der Waals surface area contributed by atoms with Crippen molar-refractivity contribution in [3.8, 4) is 11.1 Å². The minimum Gasteiger partial charge on any atom is -0.393 e. The van der Waals surface area contributed by atoms with Crippen LogP contribution in [0.4, 0.5) is 0 Å². The number of likely N-dealkylation sites (tertiary alicyclic amines) is 1. The third kappa shape index (κ3) is 4.77. The zero-order valence-corrected chi connectivity index (χ0v) is 18.8. The van der Waals surface area contributed by atoms with Crippen LogP contribution in [-0.4, -0.2) is 59.3 Å². The molecule has 6 nitrogen and oxygen atoms in total. The van der Waals surface area contributed by atoms with Crippen LogP contribution in [0, 0.1) is 5.92 Å². The molecule has 2 N–H and O–H groups in total. The van der Waals surface area contributed by atoms with E-state index in [9.17, 15) is 14.7 Å². The van der Waals surface area contributed by atoms with Gasteiger partial charge in [-0.15, -0.1) is 0 Å². The van der Waals surface area contributed by atoms with Crippen LogP contribution in [0.5, 0.6) is 0 Å². The first-order valence-corrected chi connectivity index (χ1v) is 11.4. The number of aliphatic hydroxyl groups is 1. The van der Waals surface area contributed by atoms with Gasteiger partial charge < -0.3 is 14.7 Å². The van der Waals surface area contributed by atoms with Crippen molar-refractivity contribution in [3.05, 3.63) is 60.2 Å². The molecule has 3 atom stereocenters. The second-order valence-electron chi connectivity index (χ2n) is 9.26. The first-order chi connectivity index (χ1) is 15.4. The fourth-order valence-corrected chi connectivity index (χ4v) is 4.48. The predicted octanol–water partition coefficient (Wildman–Crippen LogP) is 3.25. The average Bonchev–Trinajstić information content (AvgIpc) is 3.49. The van der Waals surface area contributed by atoms with Crippen molar-refractivity contribution < 1.29 is 19.4 Å². The van der Waals surface area contributed by atoms with Gasteiger partial charge in [-0.2, -0.15) is 0 Å². The first kappa shape index (κ1) is 22.6. The van der Waals surface area contributed by atoms with Gasteiger partial charge in [0.25, 0.3) is 5.91 Å². The lowest BCUT2D eigenvalue weighted by Gasteiger charge is -2.31. The Morgan fingerprint density at radius 3 is 2.53 bits per heavy atom. The number of nitrogens with one attached hydrogen (secondary N) is 1. The molecule has 0 radical (unpaired) electrons. The van der Waals surface area contributed by atoms with E-state index in [4.69, 9.17) is 4.74 Å². The highest BCUT2D eigenvalue weighted by atomic mass is 16.6. The molecule has 170 valence electrons. The molecule has 0 spiro atoms. The zero-order chi connectivity index (χ0) is 22.7. The monoisotopic (exact) mass is 436 g/mol. The zero-order valence-electron chi connectivity index (χ0n) is 18.8. The Bertz CT molecular complexity index is 955. The Morgan fingerprint density at radius 2 is 1.88 bits per heavy atom. The van der Waals surface area contributed by atoms with Gasteiger partial charge in [-0.25, -0.2) is 0 Å². The average molecular weight is 437 g/mol. The van der Waals surface area contributed by atoms with Crippen molar-refractivity contribution in [2.24, 2.45) is 5.92 Å². The third-order valence-electron chi connectivity index (χ3n) is 6.34. The number of epoxide rings is 1. The normalized spacial score (nSPS) is 23.4. The minimum absolute atomic E-state index is 0.0342. The van der Waals surface area contributed by atoms with Crippen molar-refractivity contribution >= 4 is 11.7 Å². The summed E-state index contributed by atoms with van der Waals surface area (Å²) in [5, 5.41) is 13.1. The Morgan fingerprint density at radius 1 is 1.16 bits per heavy atom. The standard InChI is InChI=1S/C26H32N2O4/c1-18(2)14-22(24(30)26(16-29)17-32-26)27-23-12-7-13-28(23)25(31)21-11-6-10-20(15-21)19-8-4-3-5-9-19/h3-6,8-11,15,18,22-23,27,29H,7,12-14,16-17H2,1-2H3/t22-,23?,26+/m0/s1. The van der Waals surface area contributed by atoms with Crippen molar-refractivity contribution in [2.75, 3.05) is 19.8 Å². The van der Waals surface area contributed by atoms with E-state index in [2.05, 4.69) is 19.2 Å². The summed E-state index contributed by atoms with van der Waals surface area (Å²) in [6.07, 6.45) is 2.09. The van der Waals surface area contributed by atoms with Crippen LogP contribution in [0.1, 0.15) is 43.5 Å². The lowest BCUT2D eigenvalue weighted by molar-refractivity contribution is -0.128. The van der Waals surface area contributed by atoms with Crippen LogP contribution in [0.3, 0.4) is 0 Å². The molecule has 32 heavy (non-hydrogen) atoms. The van der Waals surface area contributed by atoms with E-state index in [1.165, 1.54) is 0 Å². The van der Waals surface area contributed by atoms with Crippen LogP contribution in [0.25, 0.3) is 11.1 Å². The van der Waals surface area contributed by atoms with Gasteiger partial charge in [0.05, 0.1) is 25.4 Å². The highest BCUT2D eigenvalue weighted by Gasteiger charge is 2.54. The third-order valence-corrected chi connectivity index (χ3v) is 6.34. The summed E-state index contributed by atoms with van der Waals surface area (Å²) >= 11 is 0. The number of hydrogen-bond donors (Lipinski definition) is 2. The number of amides is 1. The van der Waals surface area contributed by atoms with E-state index >= 15 is 0 Å². The summed E-state index contributed by atoms with van der Waals surface area (Å²) in [6, 6.07) is 17.2. The number of ketones is 1. The number of hydrogen-bond acceptors (Lipinski definition) is 5. The molecule has 2 aliphatic heterocycles. The molecule has 2 fully saturated rings. The van der Waals surface area contributed by atoms with Gasteiger partial charge in [-0.3, -0.25) is 14.9 Å². The van der Waals surface area contributed by atoms with Crippen molar-refractivity contribution in [1.82, 2.24) is 10.2 Å². The van der Waals surface area contributed by atoms with E-state index in [1.54, 1.807) is 0 Å². The van der Waals surface area contributed by atoms with Crippen molar-refractivity contribution in [2.45, 2.75) is 50.9 Å². The molecule has 2 saturated heterocycles. The minimum atomic E-state index is -1.07. The van der Waals surface area contributed by atoms with E-state index in [1.807, 2.05) is 59.5 Å². The van der Waals surface area contributed by atoms with E-state index in [0.29, 0.717) is 24.4 Å². The molecule has 4 rings (SSSR count). The Kier molecular flexibility index (Phi) is 6.74. The molecular weight excluding hydrogens is 404 g/mol. The smallest absolute Gasteiger partial charge is 0.255 e. The lowest BCUT2D eigenvalue weighted by Crippen LogP contribution is -2.54. The molecule has 0 aliphatic carbocycles. The number of benzene rings is 2. The molecule has 0 bridgehead atoms. The summed E-state index contributed by atoms with van der Waals surface area (Å²) < 4.78 is 5.31. The van der Waals surface area contributed by atoms with E-state index in [0.717, 1.165) is 24.0 Å². The molecule has 1 unspecified atom stereocenters. The molecule has 6 heteroatoms. The second-order valence-corrected chi connectivity index (χ2v) is 9.26. The predicted molar refractivity (Wildman–Crippen MR) is 123 cm³/mol. The van der Waals surface area contributed by atoms with Gasteiger partial charge in [-0.05, 0) is 48.4 Å². The SMILES string of the molecule is CC(C)C[C@H](NC1CCCN1C(=O)c1cccc(-c2ccccc2)c1)C(=O)[C@@]1(CO)CO1. The highest BCUT2D eigenvalue weighted by Crippen LogP contribution is 2.31. The summed E-state index contributed by atoms with van der Waals surface area (Å²) in [6.45, 7) is 4.73. The number of ether oxygens (including phenoxy) is 1. The Labute approximate surface area is 189 Å². The number of aliphatic hydroxyl groups excluding tert-OH is 1. The van der Waals surface area contributed by atoms with E-state index in [-0.39, 0.29) is 31.1 Å². The van der Waals surface area contributed by atoms with Crippen LogP contribution in [0.2, 0.25) is 0 Å². The molecular formula is C26H32N2O4. The van der Waals surface area contributed by atoms with Gasteiger partial charge in [0.15, 0.2) is 11.4 Å². The molecule has 0 aromatic heterocycles. The van der Waals surface area contributed by atoms with Crippen LogP contribution >= 0.6 is 0 Å². The highest BCUT2D eigenvalue weighted by molar-refractivity contribution is 5.96. The first-order valence-electron chi connectivity index (χ1n) is 11.4. The molecule has 0 saturated carbocycles. The molecule has 2 heterocycles. The molecule has 2 aromatic carbocycles. The van der Waals surface area contributed by atoms with Gasteiger partial charge >= 0.3 is 0 Å². The van der Waals surface area contributed by atoms with Gasteiger partial charge in [-0.1, -0.05) is 56.3 Å². The number of Topliss-reactive ketones (excluding diaryl/α,β-unsaturated/α-hetero) is 1. The number of rotatable bonds is 9. The van der Waals surface area contributed by atoms with Gasteiger partial charge in [0.1, 0.15) is 0 Å². The maximum atomic E-state index is 13.4. The van der Waals surface area contributed by atoms with Crippen LogP contribution < -0.4 is 5.32 Å². The fraction of sp³-hybridized carbons (Fsp3) is 0.462. The van der Waals surface area contributed by atoms with E-state index < -0.39 is 11.6 Å². The summed E-state index contributed by atoms with van der Waals surface area (Å²) in [5.41, 5.74) is 1.65. The largest absolute Gasteiger partial charge is 0.393 e. The van der Waals surface area contributed by atoms with Crippen molar-refractivity contribution in [3.63, 3.8) is 0 Å². The second kappa shape index (κ2) is 9.53. The quantitative estimate of drug-likeness (QED) is 0.590. The van der Waals surface area contributed by atoms with Gasteiger partial charge in [0, 0.05) is 12.1 Å². The Balaban J connectivity index is 1.51. The fourth-order valence-electron chi connectivity index (χ4n) is 4.48. The Hall–Kier alpha value is -2.54. The topological polar surface area (TPSA) is 82.2 Å². The lowest BCUT2D eigenvalue weighted by atomic mass is 9.92. The molecule has 2 aromatic rings.